The molecule has 0 fully saturated rings. The Hall–Kier alpha value is -2.86. The zero-order chi connectivity index (χ0) is 18.5. The molecule has 0 spiro atoms. The van der Waals surface area contributed by atoms with E-state index in [4.69, 9.17) is 9.47 Å². The van der Waals surface area contributed by atoms with Gasteiger partial charge in [0.1, 0.15) is 12.4 Å². The topological polar surface area (TPSA) is 47.6 Å². The van der Waals surface area contributed by atoms with Gasteiger partial charge in [0.15, 0.2) is 11.6 Å². The number of carbonyl (C=O) groups is 1. The molecule has 1 N–H and O–H groups in total. The highest BCUT2D eigenvalue weighted by molar-refractivity contribution is 7.12. The number of methoxy groups -OCH3 is 1. The van der Waals surface area contributed by atoms with Gasteiger partial charge in [-0.3, -0.25) is 4.79 Å². The van der Waals surface area contributed by atoms with Gasteiger partial charge in [-0.05, 0) is 48.2 Å². The monoisotopic (exact) mass is 371 g/mol. The molecule has 1 aromatic heterocycles. The molecule has 0 aliphatic carbocycles. The lowest BCUT2D eigenvalue weighted by molar-refractivity contribution is 0.103. The lowest BCUT2D eigenvalue weighted by Gasteiger charge is -2.10. The molecule has 0 atom stereocenters. The summed E-state index contributed by atoms with van der Waals surface area (Å²) in [6, 6.07) is 13.5. The van der Waals surface area contributed by atoms with Crippen LogP contribution in [-0.4, -0.2) is 13.0 Å². The number of rotatable bonds is 6. The maximum absolute atomic E-state index is 13.6. The second kappa shape index (κ2) is 8.01. The van der Waals surface area contributed by atoms with Crippen LogP contribution in [0.25, 0.3) is 0 Å². The summed E-state index contributed by atoms with van der Waals surface area (Å²) in [5.41, 5.74) is 2.45. The van der Waals surface area contributed by atoms with Crippen molar-refractivity contribution >= 4 is 22.9 Å². The van der Waals surface area contributed by atoms with E-state index in [0.717, 1.165) is 11.1 Å². The first-order valence-corrected chi connectivity index (χ1v) is 8.85. The molecule has 1 heterocycles. The lowest BCUT2D eigenvalue weighted by atomic mass is 10.2. The Bertz CT molecular complexity index is 923. The van der Waals surface area contributed by atoms with Crippen molar-refractivity contribution in [1.29, 1.82) is 0 Å². The summed E-state index contributed by atoms with van der Waals surface area (Å²) in [4.78, 5) is 13.0. The molecule has 0 saturated heterocycles. The second-order valence-electron chi connectivity index (χ2n) is 5.70. The molecule has 3 rings (SSSR count). The van der Waals surface area contributed by atoms with E-state index < -0.39 is 5.82 Å². The minimum Gasteiger partial charge on any atom is -0.495 e. The molecular formula is C20H18FNO3S. The smallest absolute Gasteiger partial charge is 0.265 e. The highest BCUT2D eigenvalue weighted by Gasteiger charge is 2.13. The predicted octanol–water partition coefficient (Wildman–Crippen LogP) is 5.04. The van der Waals surface area contributed by atoms with Crippen LogP contribution in [0, 0.1) is 12.7 Å². The van der Waals surface area contributed by atoms with E-state index in [1.165, 1.54) is 17.4 Å². The van der Waals surface area contributed by atoms with Gasteiger partial charge in [0.25, 0.3) is 5.91 Å². The summed E-state index contributed by atoms with van der Waals surface area (Å²) in [6.45, 7) is 2.14. The van der Waals surface area contributed by atoms with Crippen molar-refractivity contribution in [2.24, 2.45) is 0 Å². The van der Waals surface area contributed by atoms with Crippen molar-refractivity contribution in [3.8, 4) is 11.5 Å². The minimum absolute atomic E-state index is 0.189. The van der Waals surface area contributed by atoms with Crippen LogP contribution in [0.3, 0.4) is 0 Å². The number of thiophene rings is 1. The molecule has 3 aromatic rings. The first-order valence-electron chi connectivity index (χ1n) is 7.97. The molecule has 0 aliphatic heterocycles. The van der Waals surface area contributed by atoms with Gasteiger partial charge in [0.2, 0.25) is 0 Å². The summed E-state index contributed by atoms with van der Waals surface area (Å²) >= 11 is 1.31. The van der Waals surface area contributed by atoms with E-state index >= 15 is 0 Å². The fourth-order valence-electron chi connectivity index (χ4n) is 2.40. The number of ether oxygens (including phenoxy) is 2. The van der Waals surface area contributed by atoms with Crippen LogP contribution in [0.2, 0.25) is 0 Å². The molecule has 1 amide bonds. The Morgan fingerprint density at radius 1 is 1.15 bits per heavy atom. The van der Waals surface area contributed by atoms with E-state index in [1.54, 1.807) is 31.4 Å². The van der Waals surface area contributed by atoms with Crippen LogP contribution in [-0.2, 0) is 6.61 Å². The highest BCUT2D eigenvalue weighted by Crippen LogP contribution is 2.27. The Balaban J connectivity index is 1.67. The van der Waals surface area contributed by atoms with Crippen molar-refractivity contribution in [1.82, 2.24) is 0 Å². The molecule has 26 heavy (non-hydrogen) atoms. The highest BCUT2D eigenvalue weighted by atomic mass is 32.1. The van der Waals surface area contributed by atoms with Gasteiger partial charge in [0.05, 0.1) is 17.7 Å². The van der Waals surface area contributed by atoms with Crippen LogP contribution in [0.5, 0.6) is 11.5 Å². The van der Waals surface area contributed by atoms with Crippen molar-refractivity contribution < 1.29 is 18.7 Å². The molecule has 6 heteroatoms. The van der Waals surface area contributed by atoms with Gasteiger partial charge in [-0.15, -0.1) is 11.3 Å². The van der Waals surface area contributed by atoms with Crippen LogP contribution in [0.1, 0.15) is 20.8 Å². The molecule has 0 bridgehead atoms. The van der Waals surface area contributed by atoms with E-state index in [1.807, 2.05) is 30.5 Å². The van der Waals surface area contributed by atoms with E-state index in [-0.39, 0.29) is 18.3 Å². The fraction of sp³-hybridized carbons (Fsp3) is 0.150. The molecule has 0 radical (unpaired) electrons. The van der Waals surface area contributed by atoms with Crippen LogP contribution in [0.15, 0.2) is 53.9 Å². The Labute approximate surface area is 155 Å². The van der Waals surface area contributed by atoms with Gasteiger partial charge >= 0.3 is 0 Å². The number of aryl methyl sites for hydroxylation is 1. The summed E-state index contributed by atoms with van der Waals surface area (Å²) in [6.07, 6.45) is 0. The molecule has 134 valence electrons. The third kappa shape index (κ3) is 4.21. The van der Waals surface area contributed by atoms with Gasteiger partial charge in [0, 0.05) is 5.56 Å². The van der Waals surface area contributed by atoms with Gasteiger partial charge in [-0.2, -0.15) is 0 Å². The first-order chi connectivity index (χ1) is 12.6. The third-order valence-electron chi connectivity index (χ3n) is 3.71. The summed E-state index contributed by atoms with van der Waals surface area (Å²) in [5.74, 6) is 0.154. The van der Waals surface area contributed by atoms with Crippen LogP contribution in [0.4, 0.5) is 10.1 Å². The number of nitrogens with one attached hydrogen (secondary N) is 1. The largest absolute Gasteiger partial charge is 0.495 e. The Kier molecular flexibility index (Phi) is 5.53. The maximum atomic E-state index is 13.6. The number of hydrogen-bond donors (Lipinski definition) is 1. The van der Waals surface area contributed by atoms with Crippen molar-refractivity contribution in [2.75, 3.05) is 12.4 Å². The zero-order valence-corrected chi connectivity index (χ0v) is 15.2. The van der Waals surface area contributed by atoms with Gasteiger partial charge < -0.3 is 14.8 Å². The number of anilines is 1. The lowest BCUT2D eigenvalue weighted by Crippen LogP contribution is -2.11. The number of benzene rings is 2. The van der Waals surface area contributed by atoms with Crippen LogP contribution < -0.4 is 14.8 Å². The van der Waals surface area contributed by atoms with Crippen molar-refractivity contribution in [2.45, 2.75) is 13.5 Å². The van der Waals surface area contributed by atoms with Crippen molar-refractivity contribution in [3.63, 3.8) is 0 Å². The summed E-state index contributed by atoms with van der Waals surface area (Å²) < 4.78 is 24.3. The predicted molar refractivity (Wildman–Crippen MR) is 101 cm³/mol. The van der Waals surface area contributed by atoms with E-state index in [2.05, 4.69) is 5.32 Å². The number of carbonyl (C=O) groups excluding carboxylic acids is 1. The summed E-state index contributed by atoms with van der Waals surface area (Å²) in [7, 11) is 1.56. The van der Waals surface area contributed by atoms with E-state index in [0.29, 0.717) is 16.3 Å². The third-order valence-corrected chi connectivity index (χ3v) is 4.69. The number of hydrogen-bond acceptors (Lipinski definition) is 4. The first kappa shape index (κ1) is 17.9. The average molecular weight is 371 g/mol. The van der Waals surface area contributed by atoms with Crippen molar-refractivity contribution in [3.05, 3.63) is 75.7 Å². The Morgan fingerprint density at radius 3 is 2.73 bits per heavy atom. The van der Waals surface area contributed by atoms with Crippen LogP contribution >= 0.6 is 11.3 Å². The molecule has 0 aliphatic rings. The molecule has 0 saturated carbocycles. The molecular weight excluding hydrogens is 353 g/mol. The number of para-hydroxylation sites is 1. The second-order valence-corrected chi connectivity index (χ2v) is 6.61. The molecule has 4 nitrogen and oxygen atoms in total. The zero-order valence-electron chi connectivity index (χ0n) is 14.4. The quantitative estimate of drug-likeness (QED) is 0.661. The molecule has 0 unspecified atom stereocenters. The maximum Gasteiger partial charge on any atom is 0.265 e. The SMILES string of the molecule is COc1ccc(C)cc1NC(=O)c1cc(COc2ccccc2F)cs1. The minimum atomic E-state index is -0.410. The van der Waals surface area contributed by atoms with Gasteiger partial charge in [-0.1, -0.05) is 18.2 Å². The fourth-order valence-corrected chi connectivity index (χ4v) is 3.19. The normalized spacial score (nSPS) is 10.4. The summed E-state index contributed by atoms with van der Waals surface area (Å²) in [5, 5.41) is 4.68. The average Bonchev–Trinajstić information content (AvgIpc) is 3.10. The number of halogens is 1. The van der Waals surface area contributed by atoms with E-state index in [9.17, 15) is 9.18 Å². The Morgan fingerprint density at radius 2 is 1.96 bits per heavy atom. The molecule has 2 aromatic carbocycles. The number of amides is 1. The van der Waals surface area contributed by atoms with Gasteiger partial charge in [-0.25, -0.2) is 4.39 Å². The standard InChI is InChI=1S/C20H18FNO3S/c1-13-7-8-18(24-2)16(9-13)22-20(23)19-10-14(12-26-19)11-25-17-6-4-3-5-15(17)21/h3-10,12H,11H2,1-2H3,(H,22,23).